The van der Waals surface area contributed by atoms with Crippen LogP contribution < -0.4 is 0 Å². The number of nitrogens with zero attached hydrogens (tertiary/aromatic N) is 2. The van der Waals surface area contributed by atoms with Gasteiger partial charge in [0.2, 0.25) is 0 Å². The van der Waals surface area contributed by atoms with E-state index in [1.54, 1.807) is 51.1 Å². The Morgan fingerprint density at radius 1 is 1.27 bits per heavy atom. The largest absolute Gasteiger partial charge is 0.464 e. The summed E-state index contributed by atoms with van der Waals surface area (Å²) < 4.78 is 4.66. The summed E-state index contributed by atoms with van der Waals surface area (Å²) in [5, 5.41) is 16.0. The van der Waals surface area contributed by atoms with Crippen molar-refractivity contribution >= 4 is 17.6 Å². The predicted molar refractivity (Wildman–Crippen MR) is 81.1 cm³/mol. The Hall–Kier alpha value is -2.21. The third-order valence-electron chi connectivity index (χ3n) is 3.82. The summed E-state index contributed by atoms with van der Waals surface area (Å²) in [6.07, 6.45) is -0.0677. The van der Waals surface area contributed by atoms with E-state index in [1.165, 1.54) is 7.11 Å². The Morgan fingerprint density at radius 2 is 1.86 bits per heavy atom. The highest BCUT2D eigenvalue weighted by Gasteiger charge is 2.54. The van der Waals surface area contributed by atoms with Crippen molar-refractivity contribution in [3.63, 3.8) is 0 Å². The second-order valence-corrected chi connectivity index (χ2v) is 6.26. The van der Waals surface area contributed by atoms with Gasteiger partial charge in [-0.25, -0.2) is 4.79 Å². The molecular weight excluding hydrogens is 284 g/mol. The van der Waals surface area contributed by atoms with E-state index in [4.69, 9.17) is 0 Å². The molecule has 0 spiro atoms. The van der Waals surface area contributed by atoms with Crippen LogP contribution in [0.2, 0.25) is 0 Å². The molecule has 1 heterocycles. The molecule has 1 aromatic carbocycles. The SMILES string of the molecule is COC(=O)C1=NN(C(=O)c2ccccc2)[C@@](O)(C(C)(C)C)C1. The number of hydrogen-bond donors (Lipinski definition) is 1. The zero-order valence-corrected chi connectivity index (χ0v) is 13.2. The predicted octanol–water partition coefficient (Wildman–Crippen LogP) is 1.80. The quantitative estimate of drug-likeness (QED) is 0.845. The van der Waals surface area contributed by atoms with E-state index in [2.05, 4.69) is 9.84 Å². The lowest BCUT2D eigenvalue weighted by Crippen LogP contribution is -2.55. The van der Waals surface area contributed by atoms with Gasteiger partial charge in [0.05, 0.1) is 7.11 Å². The summed E-state index contributed by atoms with van der Waals surface area (Å²) >= 11 is 0. The molecule has 1 aliphatic heterocycles. The summed E-state index contributed by atoms with van der Waals surface area (Å²) in [6.45, 7) is 5.36. The average Bonchev–Trinajstić information content (AvgIpc) is 2.85. The molecule has 1 amide bonds. The van der Waals surface area contributed by atoms with Crippen molar-refractivity contribution < 1.29 is 19.4 Å². The molecule has 1 aliphatic rings. The molecular formula is C16H20N2O4. The first kappa shape index (κ1) is 16.2. The first-order chi connectivity index (χ1) is 10.2. The van der Waals surface area contributed by atoms with E-state index in [0.29, 0.717) is 5.56 Å². The van der Waals surface area contributed by atoms with Gasteiger partial charge in [0.25, 0.3) is 5.91 Å². The highest BCUT2D eigenvalue weighted by molar-refractivity contribution is 6.37. The molecule has 1 aromatic rings. The smallest absolute Gasteiger partial charge is 0.354 e. The fourth-order valence-corrected chi connectivity index (χ4v) is 2.28. The van der Waals surface area contributed by atoms with Gasteiger partial charge in [-0.15, -0.1) is 0 Å². The van der Waals surface area contributed by atoms with Gasteiger partial charge in [0.15, 0.2) is 11.4 Å². The number of amides is 1. The molecule has 0 aromatic heterocycles. The molecule has 118 valence electrons. The van der Waals surface area contributed by atoms with Gasteiger partial charge in [-0.2, -0.15) is 10.1 Å². The van der Waals surface area contributed by atoms with Gasteiger partial charge >= 0.3 is 5.97 Å². The highest BCUT2D eigenvalue weighted by Crippen LogP contribution is 2.41. The van der Waals surface area contributed by atoms with Crippen molar-refractivity contribution in [2.24, 2.45) is 10.5 Å². The van der Waals surface area contributed by atoms with Crippen molar-refractivity contribution in [1.29, 1.82) is 0 Å². The number of carbonyl (C=O) groups excluding carboxylic acids is 2. The Balaban J connectivity index is 2.45. The van der Waals surface area contributed by atoms with Crippen LogP contribution in [-0.4, -0.2) is 40.5 Å². The third kappa shape index (κ3) is 2.62. The minimum Gasteiger partial charge on any atom is -0.464 e. The van der Waals surface area contributed by atoms with Crippen LogP contribution in [0.25, 0.3) is 0 Å². The molecule has 0 saturated heterocycles. The Labute approximate surface area is 129 Å². The van der Waals surface area contributed by atoms with Gasteiger partial charge in [-0.3, -0.25) is 4.79 Å². The van der Waals surface area contributed by atoms with Crippen LogP contribution in [0.1, 0.15) is 37.6 Å². The first-order valence-corrected chi connectivity index (χ1v) is 6.98. The minimum atomic E-state index is -1.59. The van der Waals surface area contributed by atoms with Gasteiger partial charge in [0, 0.05) is 17.4 Å². The fraction of sp³-hybridized carbons (Fsp3) is 0.438. The minimum absolute atomic E-state index is 0.0317. The summed E-state index contributed by atoms with van der Waals surface area (Å²) in [5.41, 5.74) is -1.87. The third-order valence-corrected chi connectivity index (χ3v) is 3.82. The summed E-state index contributed by atoms with van der Waals surface area (Å²) in [5.74, 6) is -1.11. The van der Waals surface area contributed by atoms with E-state index in [0.717, 1.165) is 5.01 Å². The number of carbonyl (C=O) groups is 2. The monoisotopic (exact) mass is 304 g/mol. The molecule has 1 atom stereocenters. The summed E-state index contributed by atoms with van der Waals surface area (Å²) in [6, 6.07) is 8.52. The number of esters is 1. The lowest BCUT2D eigenvalue weighted by molar-refractivity contribution is -0.144. The Kier molecular flexibility index (Phi) is 4.06. The van der Waals surface area contributed by atoms with Gasteiger partial charge in [-0.1, -0.05) is 39.0 Å². The van der Waals surface area contributed by atoms with Crippen LogP contribution >= 0.6 is 0 Å². The van der Waals surface area contributed by atoms with E-state index in [-0.39, 0.29) is 12.1 Å². The maximum atomic E-state index is 12.7. The van der Waals surface area contributed by atoms with E-state index in [9.17, 15) is 14.7 Å². The Morgan fingerprint density at radius 3 is 2.36 bits per heavy atom. The normalized spacial score (nSPS) is 21.5. The molecule has 1 N–H and O–H groups in total. The molecule has 6 nitrogen and oxygen atoms in total. The van der Waals surface area contributed by atoms with Crippen molar-refractivity contribution in [3.05, 3.63) is 35.9 Å². The average molecular weight is 304 g/mol. The molecule has 22 heavy (non-hydrogen) atoms. The number of ether oxygens (including phenoxy) is 1. The lowest BCUT2D eigenvalue weighted by Gasteiger charge is -2.41. The maximum Gasteiger partial charge on any atom is 0.354 e. The fourth-order valence-electron chi connectivity index (χ4n) is 2.28. The molecule has 2 rings (SSSR count). The van der Waals surface area contributed by atoms with Crippen molar-refractivity contribution in [2.45, 2.75) is 32.9 Å². The van der Waals surface area contributed by atoms with Crippen LogP contribution in [0.5, 0.6) is 0 Å². The lowest BCUT2D eigenvalue weighted by atomic mass is 9.80. The number of benzene rings is 1. The van der Waals surface area contributed by atoms with Crippen LogP contribution in [0.4, 0.5) is 0 Å². The van der Waals surface area contributed by atoms with Crippen LogP contribution in [-0.2, 0) is 9.53 Å². The zero-order valence-electron chi connectivity index (χ0n) is 13.2. The maximum absolute atomic E-state index is 12.7. The van der Waals surface area contributed by atoms with E-state index < -0.39 is 23.0 Å². The number of hydrogen-bond acceptors (Lipinski definition) is 5. The zero-order chi connectivity index (χ0) is 16.5. The Bertz CT molecular complexity index is 619. The summed E-state index contributed by atoms with van der Waals surface area (Å²) in [7, 11) is 1.24. The molecule has 0 unspecified atom stereocenters. The van der Waals surface area contributed by atoms with Gasteiger partial charge < -0.3 is 9.84 Å². The number of methoxy groups -OCH3 is 1. The van der Waals surface area contributed by atoms with E-state index >= 15 is 0 Å². The summed E-state index contributed by atoms with van der Waals surface area (Å²) in [4.78, 5) is 24.4. The van der Waals surface area contributed by atoms with Crippen LogP contribution in [0, 0.1) is 5.41 Å². The molecule has 6 heteroatoms. The molecule has 0 bridgehead atoms. The molecule has 0 fully saturated rings. The van der Waals surface area contributed by atoms with E-state index in [1.807, 2.05) is 0 Å². The number of aliphatic hydroxyl groups is 1. The van der Waals surface area contributed by atoms with Crippen molar-refractivity contribution in [3.8, 4) is 0 Å². The van der Waals surface area contributed by atoms with Crippen molar-refractivity contribution in [1.82, 2.24) is 5.01 Å². The van der Waals surface area contributed by atoms with Crippen LogP contribution in [0.15, 0.2) is 35.4 Å². The molecule has 0 aliphatic carbocycles. The second kappa shape index (κ2) is 5.53. The van der Waals surface area contributed by atoms with Gasteiger partial charge in [-0.05, 0) is 12.1 Å². The number of rotatable bonds is 2. The second-order valence-electron chi connectivity index (χ2n) is 6.26. The topological polar surface area (TPSA) is 79.2 Å². The number of hydrazone groups is 1. The van der Waals surface area contributed by atoms with Gasteiger partial charge in [0.1, 0.15) is 0 Å². The highest BCUT2D eigenvalue weighted by atomic mass is 16.5. The van der Waals surface area contributed by atoms with Crippen LogP contribution in [0.3, 0.4) is 0 Å². The first-order valence-electron chi connectivity index (χ1n) is 6.98. The standard InChI is InChI=1S/C16H20N2O4/c1-15(2,3)16(21)10-12(14(20)22-4)17-18(16)13(19)11-8-6-5-7-9-11/h5-9,21H,10H2,1-4H3/t16-/m0/s1. The molecule has 0 saturated carbocycles. The van der Waals surface area contributed by atoms with Crippen molar-refractivity contribution in [2.75, 3.05) is 7.11 Å². The molecule has 0 radical (unpaired) electrons.